The number of ether oxygens (including phenoxy) is 1. The maximum absolute atomic E-state index is 13.1. The third-order valence-electron chi connectivity index (χ3n) is 3.63. The number of alkyl halides is 3. The zero-order valence-corrected chi connectivity index (χ0v) is 12.1. The maximum Gasteiger partial charge on any atom is 0.416 e. The molecular weight excluding hydrogens is 309 g/mol. The largest absolute Gasteiger partial charge is 0.494 e. The van der Waals surface area contributed by atoms with Crippen molar-refractivity contribution in [2.75, 3.05) is 7.11 Å². The van der Waals surface area contributed by atoms with Crippen LogP contribution in [-0.2, 0) is 12.7 Å². The van der Waals surface area contributed by atoms with Gasteiger partial charge in [-0.3, -0.25) is 4.57 Å². The second-order valence-corrected chi connectivity index (χ2v) is 5.03. The average molecular weight is 322 g/mol. The summed E-state index contributed by atoms with van der Waals surface area (Å²) in [5.41, 5.74) is -0.262. The number of hydrogen-bond acceptors (Lipinski definition) is 2. The molecule has 0 saturated carbocycles. The van der Waals surface area contributed by atoms with Crippen LogP contribution in [0.2, 0.25) is 0 Å². The second-order valence-electron chi connectivity index (χ2n) is 5.03. The minimum atomic E-state index is -4.48. The van der Waals surface area contributed by atoms with Crippen LogP contribution in [0.4, 0.5) is 13.2 Å². The monoisotopic (exact) mass is 322 g/mol. The van der Waals surface area contributed by atoms with Crippen molar-refractivity contribution in [3.05, 3.63) is 64.1 Å². The molecule has 0 spiro atoms. The van der Waals surface area contributed by atoms with Crippen molar-refractivity contribution in [1.29, 1.82) is 0 Å². The van der Waals surface area contributed by atoms with Gasteiger partial charge in [-0.1, -0.05) is 24.3 Å². The van der Waals surface area contributed by atoms with Crippen molar-refractivity contribution in [3.8, 4) is 5.75 Å². The van der Waals surface area contributed by atoms with Crippen LogP contribution >= 0.6 is 0 Å². The van der Waals surface area contributed by atoms with E-state index in [0.29, 0.717) is 16.8 Å². The Bertz CT molecular complexity index is 910. The van der Waals surface area contributed by atoms with Gasteiger partial charge in [-0.2, -0.15) is 13.2 Å². The van der Waals surface area contributed by atoms with Crippen LogP contribution in [0.3, 0.4) is 0 Å². The molecule has 0 saturated heterocycles. The molecule has 1 aromatic heterocycles. The van der Waals surface area contributed by atoms with Crippen LogP contribution in [0.15, 0.2) is 47.3 Å². The molecule has 3 aromatic rings. The Kier molecular flexibility index (Phi) is 3.63. The number of H-pyrrole nitrogens is 1. The van der Waals surface area contributed by atoms with Gasteiger partial charge in [-0.15, -0.1) is 0 Å². The number of imidazole rings is 1. The molecule has 4 nitrogen and oxygen atoms in total. The van der Waals surface area contributed by atoms with Crippen molar-refractivity contribution >= 4 is 11.0 Å². The van der Waals surface area contributed by atoms with Crippen LogP contribution in [0.1, 0.15) is 11.1 Å². The lowest BCUT2D eigenvalue weighted by Crippen LogP contribution is -2.20. The van der Waals surface area contributed by atoms with Gasteiger partial charge in [0.25, 0.3) is 0 Å². The quantitative estimate of drug-likeness (QED) is 0.803. The highest BCUT2D eigenvalue weighted by Gasteiger charge is 2.33. The molecule has 120 valence electrons. The van der Waals surface area contributed by atoms with Crippen LogP contribution < -0.4 is 10.4 Å². The zero-order valence-electron chi connectivity index (χ0n) is 12.1. The first kappa shape index (κ1) is 15.2. The zero-order chi connectivity index (χ0) is 16.6. The van der Waals surface area contributed by atoms with E-state index in [-0.39, 0.29) is 12.1 Å². The number of rotatable bonds is 3. The summed E-state index contributed by atoms with van der Waals surface area (Å²) in [7, 11) is 1.44. The molecule has 0 aliphatic rings. The first-order valence-corrected chi connectivity index (χ1v) is 6.82. The number of benzene rings is 2. The summed E-state index contributed by atoms with van der Waals surface area (Å²) in [6.45, 7) is -0.200. The van der Waals surface area contributed by atoms with Gasteiger partial charge in [0, 0.05) is 0 Å². The Balaban J connectivity index is 2.17. The molecule has 0 bridgehead atoms. The van der Waals surface area contributed by atoms with Crippen LogP contribution in [0, 0.1) is 0 Å². The smallest absolute Gasteiger partial charge is 0.416 e. The molecule has 0 aliphatic heterocycles. The van der Waals surface area contributed by atoms with Gasteiger partial charge in [0.1, 0.15) is 11.3 Å². The summed E-state index contributed by atoms with van der Waals surface area (Å²) in [5.74, 6) is 0.422. The first-order chi connectivity index (χ1) is 10.9. The molecule has 2 aromatic carbocycles. The molecule has 0 aliphatic carbocycles. The van der Waals surface area contributed by atoms with Crippen molar-refractivity contribution < 1.29 is 17.9 Å². The number of halogens is 3. The van der Waals surface area contributed by atoms with Gasteiger partial charge in [0.2, 0.25) is 0 Å². The first-order valence-electron chi connectivity index (χ1n) is 6.82. The molecule has 0 unspecified atom stereocenters. The minimum Gasteiger partial charge on any atom is -0.494 e. The average Bonchev–Trinajstić information content (AvgIpc) is 2.83. The minimum absolute atomic E-state index is 0.0221. The molecule has 0 atom stereocenters. The van der Waals surface area contributed by atoms with E-state index in [4.69, 9.17) is 4.74 Å². The van der Waals surface area contributed by atoms with E-state index in [1.54, 1.807) is 18.2 Å². The Morgan fingerprint density at radius 1 is 1.13 bits per heavy atom. The summed E-state index contributed by atoms with van der Waals surface area (Å²) in [6, 6.07) is 10.2. The predicted octanol–water partition coefficient (Wildman–Crippen LogP) is 3.41. The van der Waals surface area contributed by atoms with E-state index in [2.05, 4.69) is 4.98 Å². The molecule has 0 fully saturated rings. The standard InChI is InChI=1S/C16H13F3N2O2/c1-23-13-8-4-7-12-14(13)21(15(22)20-12)9-10-5-2-3-6-11(10)16(17,18)19/h2-8H,9H2,1H3,(H,20,22). The van der Waals surface area contributed by atoms with Gasteiger partial charge >= 0.3 is 11.9 Å². The third-order valence-corrected chi connectivity index (χ3v) is 3.63. The second kappa shape index (κ2) is 5.49. The molecule has 0 amide bonds. The van der Waals surface area contributed by atoms with Crippen LogP contribution in [-0.4, -0.2) is 16.7 Å². The molecule has 1 N–H and O–H groups in total. The Morgan fingerprint density at radius 2 is 1.87 bits per heavy atom. The summed E-state index contributed by atoms with van der Waals surface area (Å²) in [6.07, 6.45) is -4.48. The summed E-state index contributed by atoms with van der Waals surface area (Å²) in [5, 5.41) is 0. The Hall–Kier alpha value is -2.70. The van der Waals surface area contributed by atoms with E-state index < -0.39 is 17.4 Å². The molecule has 23 heavy (non-hydrogen) atoms. The summed E-state index contributed by atoms with van der Waals surface area (Å²) >= 11 is 0. The van der Waals surface area contributed by atoms with Gasteiger partial charge in [0.15, 0.2) is 0 Å². The fraction of sp³-hybridized carbons (Fsp3) is 0.188. The lowest BCUT2D eigenvalue weighted by molar-refractivity contribution is -0.138. The van der Waals surface area contributed by atoms with Crippen molar-refractivity contribution in [1.82, 2.24) is 9.55 Å². The Labute approximate surface area is 129 Å². The van der Waals surface area contributed by atoms with Crippen LogP contribution in [0.25, 0.3) is 11.0 Å². The number of fused-ring (bicyclic) bond motifs is 1. The molecule has 0 radical (unpaired) electrons. The van der Waals surface area contributed by atoms with Crippen molar-refractivity contribution in [3.63, 3.8) is 0 Å². The maximum atomic E-state index is 13.1. The van der Waals surface area contributed by atoms with Gasteiger partial charge in [-0.05, 0) is 23.8 Å². The topological polar surface area (TPSA) is 47.0 Å². The SMILES string of the molecule is COc1cccc2[nH]c(=O)n(Cc3ccccc3C(F)(F)F)c12. The number of methoxy groups -OCH3 is 1. The highest BCUT2D eigenvalue weighted by Crippen LogP contribution is 2.32. The number of aromatic amines is 1. The summed E-state index contributed by atoms with van der Waals surface area (Å²) in [4.78, 5) is 14.8. The summed E-state index contributed by atoms with van der Waals surface area (Å²) < 4.78 is 45.8. The number of hydrogen-bond donors (Lipinski definition) is 1. The highest BCUT2D eigenvalue weighted by molar-refractivity contribution is 5.82. The number of nitrogens with one attached hydrogen (secondary N) is 1. The molecule has 3 rings (SSSR count). The molecular formula is C16H13F3N2O2. The predicted molar refractivity (Wildman–Crippen MR) is 79.7 cm³/mol. The van der Waals surface area contributed by atoms with Gasteiger partial charge in [-0.25, -0.2) is 4.79 Å². The van der Waals surface area contributed by atoms with Gasteiger partial charge < -0.3 is 9.72 Å². The van der Waals surface area contributed by atoms with Gasteiger partial charge in [0.05, 0.1) is 24.7 Å². The molecule has 1 heterocycles. The fourth-order valence-corrected chi connectivity index (χ4v) is 2.61. The van der Waals surface area contributed by atoms with E-state index in [9.17, 15) is 18.0 Å². The highest BCUT2D eigenvalue weighted by atomic mass is 19.4. The van der Waals surface area contributed by atoms with E-state index in [1.807, 2.05) is 0 Å². The third kappa shape index (κ3) is 2.69. The molecule has 7 heteroatoms. The van der Waals surface area contributed by atoms with E-state index >= 15 is 0 Å². The lowest BCUT2D eigenvalue weighted by atomic mass is 10.1. The fourth-order valence-electron chi connectivity index (χ4n) is 2.61. The van der Waals surface area contributed by atoms with Crippen molar-refractivity contribution in [2.24, 2.45) is 0 Å². The van der Waals surface area contributed by atoms with Crippen molar-refractivity contribution in [2.45, 2.75) is 12.7 Å². The number of aromatic nitrogens is 2. The lowest BCUT2D eigenvalue weighted by Gasteiger charge is -2.13. The Morgan fingerprint density at radius 3 is 2.57 bits per heavy atom. The van der Waals surface area contributed by atoms with E-state index in [0.717, 1.165) is 6.07 Å². The number of para-hydroxylation sites is 1. The normalized spacial score (nSPS) is 11.8. The van der Waals surface area contributed by atoms with Crippen LogP contribution in [0.5, 0.6) is 5.75 Å². The number of nitrogens with zero attached hydrogens (tertiary/aromatic N) is 1. The van der Waals surface area contributed by atoms with E-state index in [1.165, 1.54) is 29.9 Å².